The van der Waals surface area contributed by atoms with Gasteiger partial charge in [-0.15, -0.1) is 0 Å². The van der Waals surface area contributed by atoms with E-state index in [4.69, 9.17) is 4.74 Å². The van der Waals surface area contributed by atoms with Gasteiger partial charge in [0.2, 0.25) is 0 Å². The lowest BCUT2D eigenvalue weighted by Crippen LogP contribution is -2.69. The Bertz CT molecular complexity index is 908. The Balaban J connectivity index is 1.64. The highest BCUT2D eigenvalue weighted by atomic mass is 16.6. The fourth-order valence-corrected chi connectivity index (χ4v) is 9.22. The fourth-order valence-electron chi connectivity index (χ4n) is 9.22. The number of carbonyl (C=O) groups excluding carboxylic acids is 3. The zero-order valence-corrected chi connectivity index (χ0v) is 19.2. The highest BCUT2D eigenvalue weighted by Gasteiger charge is 2.85. The molecule has 6 nitrogen and oxygen atoms in total. The summed E-state index contributed by atoms with van der Waals surface area (Å²) in [4.78, 5) is 51.6. The van der Waals surface area contributed by atoms with Crippen molar-refractivity contribution in [3.8, 4) is 0 Å². The van der Waals surface area contributed by atoms with Crippen molar-refractivity contribution in [3.05, 3.63) is 0 Å². The largest absolute Gasteiger partial charge is 0.481 e. The van der Waals surface area contributed by atoms with Crippen LogP contribution in [0.4, 0.5) is 0 Å². The van der Waals surface area contributed by atoms with Crippen LogP contribution in [0.2, 0.25) is 0 Å². The van der Waals surface area contributed by atoms with Gasteiger partial charge in [-0.1, -0.05) is 20.8 Å². The van der Waals surface area contributed by atoms with Crippen LogP contribution in [0.25, 0.3) is 0 Å². The predicted molar refractivity (Wildman–Crippen MR) is 111 cm³/mol. The third-order valence-electron chi connectivity index (χ3n) is 11.3. The second-order valence-corrected chi connectivity index (χ2v) is 12.1. The molecule has 5 rings (SSSR count). The number of carboxylic acids is 1. The van der Waals surface area contributed by atoms with Gasteiger partial charge in [0.05, 0.1) is 11.3 Å². The van der Waals surface area contributed by atoms with E-state index in [1.54, 1.807) is 6.92 Å². The lowest BCUT2D eigenvalue weighted by molar-refractivity contribution is -0.187. The first-order valence-corrected chi connectivity index (χ1v) is 11.8. The molecule has 0 radical (unpaired) electrons. The average Bonchev–Trinajstić information content (AvgIpc) is 3.40. The number of fused-ring (bicyclic) bond motifs is 4. The van der Waals surface area contributed by atoms with Gasteiger partial charge in [-0.25, -0.2) is 0 Å². The minimum Gasteiger partial charge on any atom is -0.481 e. The minimum atomic E-state index is -0.854. The van der Waals surface area contributed by atoms with Crippen molar-refractivity contribution in [2.75, 3.05) is 0 Å². The van der Waals surface area contributed by atoms with Crippen molar-refractivity contribution in [1.82, 2.24) is 0 Å². The van der Waals surface area contributed by atoms with Crippen molar-refractivity contribution in [1.29, 1.82) is 0 Å². The molecule has 170 valence electrons. The smallest absolute Gasteiger partial charge is 0.306 e. The van der Waals surface area contributed by atoms with Gasteiger partial charge >= 0.3 is 5.97 Å². The maximum absolute atomic E-state index is 14.0. The van der Waals surface area contributed by atoms with Gasteiger partial charge in [0.15, 0.2) is 5.78 Å². The molecular formula is C25H34O6. The summed E-state index contributed by atoms with van der Waals surface area (Å²) >= 11 is 0. The van der Waals surface area contributed by atoms with Crippen molar-refractivity contribution in [2.45, 2.75) is 84.8 Å². The molecule has 4 aliphatic carbocycles. The molecule has 5 aliphatic rings. The van der Waals surface area contributed by atoms with Gasteiger partial charge < -0.3 is 14.6 Å². The van der Waals surface area contributed by atoms with Gasteiger partial charge in [0.1, 0.15) is 23.8 Å². The zero-order chi connectivity index (χ0) is 22.8. The molecule has 5 fully saturated rings. The van der Waals surface area contributed by atoms with Gasteiger partial charge in [-0.05, 0) is 62.7 Å². The summed E-state index contributed by atoms with van der Waals surface area (Å²) < 4.78 is 6.20. The number of Topliss-reactive ketones (excluding diaryl/α,β-unsaturated/α-hetero) is 2. The van der Waals surface area contributed by atoms with Crippen LogP contribution in [0.1, 0.15) is 73.1 Å². The van der Waals surface area contributed by atoms with Crippen LogP contribution in [0.3, 0.4) is 0 Å². The Labute approximate surface area is 183 Å². The van der Waals surface area contributed by atoms with E-state index in [0.29, 0.717) is 19.3 Å². The number of epoxide rings is 1. The normalized spacial score (nSPS) is 52.9. The van der Waals surface area contributed by atoms with Crippen LogP contribution in [-0.2, 0) is 23.9 Å². The molecule has 1 N–H and O–H groups in total. The minimum absolute atomic E-state index is 0.0244. The predicted octanol–water partition coefficient (Wildman–Crippen LogP) is 3.45. The Morgan fingerprint density at radius 3 is 2.39 bits per heavy atom. The number of carbonyl (C=O) groups is 4. The monoisotopic (exact) mass is 430 g/mol. The molecule has 0 amide bonds. The van der Waals surface area contributed by atoms with Crippen molar-refractivity contribution < 1.29 is 29.0 Å². The molecule has 0 aromatic heterocycles. The number of ketones is 2. The van der Waals surface area contributed by atoms with Crippen LogP contribution in [0, 0.1) is 45.3 Å². The van der Waals surface area contributed by atoms with Crippen molar-refractivity contribution >= 4 is 23.8 Å². The van der Waals surface area contributed by atoms with Gasteiger partial charge in [0.25, 0.3) is 0 Å². The lowest BCUT2D eigenvalue weighted by atomic mass is 9.36. The van der Waals surface area contributed by atoms with E-state index in [9.17, 15) is 24.3 Å². The summed E-state index contributed by atoms with van der Waals surface area (Å²) in [6, 6.07) is 0. The van der Waals surface area contributed by atoms with E-state index < -0.39 is 45.8 Å². The second-order valence-electron chi connectivity index (χ2n) is 12.1. The number of hydrogen-bond acceptors (Lipinski definition) is 5. The van der Waals surface area contributed by atoms with Crippen LogP contribution in [-0.4, -0.2) is 40.6 Å². The quantitative estimate of drug-likeness (QED) is 0.544. The SMILES string of the molecule is C[C@H](C(=O)O)[C@H]1CC[C@@]2(C)[C@@H]3C(=O)[C@@H]4O[C@]45[C@H](CCC(=O)C5(C)C)[C@]3(C=O)CC[C@]12C. The summed E-state index contributed by atoms with van der Waals surface area (Å²) in [6.45, 7) is 9.80. The Hall–Kier alpha value is -1.56. The second kappa shape index (κ2) is 5.86. The third kappa shape index (κ3) is 2.05. The van der Waals surface area contributed by atoms with Crippen LogP contribution in [0.5, 0.6) is 0 Å². The molecule has 1 spiro atoms. The summed E-state index contributed by atoms with van der Waals surface area (Å²) in [5.74, 6) is -1.84. The van der Waals surface area contributed by atoms with E-state index in [-0.39, 0.29) is 28.8 Å². The Kier molecular flexibility index (Phi) is 4.03. The Morgan fingerprint density at radius 2 is 1.77 bits per heavy atom. The number of hydrogen-bond donors (Lipinski definition) is 1. The number of ether oxygens (including phenoxy) is 1. The highest BCUT2D eigenvalue weighted by Crippen LogP contribution is 2.78. The summed E-state index contributed by atoms with van der Waals surface area (Å²) in [5.41, 5.74) is -3.26. The number of carboxylic acid groups (broad SMARTS) is 1. The zero-order valence-electron chi connectivity index (χ0n) is 19.2. The molecule has 0 bridgehead atoms. The molecule has 0 aromatic rings. The average molecular weight is 431 g/mol. The van der Waals surface area contributed by atoms with Gasteiger partial charge in [-0.3, -0.25) is 14.4 Å². The first-order valence-electron chi connectivity index (χ1n) is 11.8. The summed E-state index contributed by atoms with van der Waals surface area (Å²) in [6.07, 6.45) is 4.20. The fraction of sp³-hybridized carbons (Fsp3) is 0.840. The molecule has 0 unspecified atom stereocenters. The van der Waals surface area contributed by atoms with E-state index in [1.807, 2.05) is 13.8 Å². The maximum Gasteiger partial charge on any atom is 0.306 e. The molecule has 1 saturated heterocycles. The lowest BCUT2D eigenvalue weighted by Gasteiger charge is -2.64. The molecule has 4 saturated carbocycles. The van der Waals surface area contributed by atoms with Gasteiger partial charge in [0, 0.05) is 23.7 Å². The van der Waals surface area contributed by atoms with E-state index in [2.05, 4.69) is 13.8 Å². The van der Waals surface area contributed by atoms with E-state index in [1.165, 1.54) is 0 Å². The molecule has 1 heterocycles. The van der Waals surface area contributed by atoms with Crippen LogP contribution in [0.15, 0.2) is 0 Å². The molecular weight excluding hydrogens is 396 g/mol. The number of aldehydes is 1. The Morgan fingerprint density at radius 1 is 1.10 bits per heavy atom. The first-order chi connectivity index (χ1) is 14.3. The molecule has 1 aliphatic heterocycles. The third-order valence-corrected chi connectivity index (χ3v) is 11.3. The summed E-state index contributed by atoms with van der Waals surface area (Å²) in [5, 5.41) is 9.72. The van der Waals surface area contributed by atoms with Crippen LogP contribution < -0.4 is 0 Å². The molecule has 6 heteroatoms. The standard InChI is InChI=1S/C25H34O6/c1-13(20(29)30)14-8-9-23(5)18-17(28)19-25(31-19)15(6-7-16(27)21(25,2)3)24(18,12-26)11-10-22(14,23)4/h12-15,18-19H,6-11H2,1-5H3,(H,29,30)/t13-,14+,15+,18-,19-,22+,23-,24+,25+/m0/s1. The highest BCUT2D eigenvalue weighted by molar-refractivity contribution is 5.99. The molecule has 0 aromatic carbocycles. The summed E-state index contributed by atoms with van der Waals surface area (Å²) in [7, 11) is 0. The topological polar surface area (TPSA) is 101 Å². The van der Waals surface area contributed by atoms with Crippen molar-refractivity contribution in [3.63, 3.8) is 0 Å². The molecule has 9 atom stereocenters. The van der Waals surface area contributed by atoms with E-state index in [0.717, 1.165) is 25.5 Å². The first kappa shape index (κ1) is 21.3. The van der Waals surface area contributed by atoms with Gasteiger partial charge in [-0.2, -0.15) is 0 Å². The van der Waals surface area contributed by atoms with E-state index >= 15 is 0 Å². The number of aliphatic carboxylic acids is 1. The molecule has 31 heavy (non-hydrogen) atoms. The van der Waals surface area contributed by atoms with Crippen molar-refractivity contribution in [2.24, 2.45) is 45.3 Å². The van der Waals surface area contributed by atoms with Crippen LogP contribution >= 0.6 is 0 Å². The number of rotatable bonds is 3. The maximum atomic E-state index is 14.0.